The van der Waals surface area contributed by atoms with Crippen LogP contribution >= 0.6 is 0 Å². The standard InChI is InChI=1S/C8H9FO.C8H10O/c1-6-4-3-5-7(10)8(6,2)9;1-6-4-3-5-8(9)7(6)2/h3-5H,1-2H3;3-5,9H,1-2H3/t8-;/m1./s1. The first-order valence-corrected chi connectivity index (χ1v) is 6.10. The van der Waals surface area contributed by atoms with Gasteiger partial charge in [-0.1, -0.05) is 24.3 Å². The lowest BCUT2D eigenvalue weighted by Gasteiger charge is -2.19. The van der Waals surface area contributed by atoms with Crippen molar-refractivity contribution >= 4 is 5.78 Å². The number of halogens is 1. The molecule has 1 aromatic carbocycles. The molecule has 1 aliphatic carbocycles. The van der Waals surface area contributed by atoms with E-state index in [1.54, 1.807) is 25.1 Å². The normalized spacial score (nSPS) is 21.5. The van der Waals surface area contributed by atoms with Crippen molar-refractivity contribution in [2.75, 3.05) is 0 Å². The fraction of sp³-hybridized carbons (Fsp3) is 0.312. The molecule has 0 aliphatic heterocycles. The van der Waals surface area contributed by atoms with E-state index in [4.69, 9.17) is 5.11 Å². The fourth-order valence-electron chi connectivity index (χ4n) is 1.52. The summed E-state index contributed by atoms with van der Waals surface area (Å²) in [6, 6.07) is 5.52. The Balaban J connectivity index is 0.000000191. The Hall–Kier alpha value is -1.90. The molecule has 1 aliphatic rings. The fourth-order valence-corrected chi connectivity index (χ4v) is 1.52. The Morgan fingerprint density at radius 2 is 1.84 bits per heavy atom. The minimum atomic E-state index is -1.77. The molecule has 0 radical (unpaired) electrons. The number of phenols is 1. The topological polar surface area (TPSA) is 37.3 Å². The van der Waals surface area contributed by atoms with Crippen molar-refractivity contribution in [2.24, 2.45) is 0 Å². The third-order valence-corrected chi connectivity index (χ3v) is 3.37. The van der Waals surface area contributed by atoms with Crippen LogP contribution in [0.15, 0.2) is 42.0 Å². The second-order valence-corrected chi connectivity index (χ2v) is 4.80. The first kappa shape index (κ1) is 15.2. The SMILES string of the molecule is CC1=CC=CC(=O)[C@]1(C)F.Cc1cccc(O)c1C. The monoisotopic (exact) mass is 262 g/mol. The molecule has 0 fully saturated rings. The third kappa shape index (κ3) is 3.53. The molecule has 1 N–H and O–H groups in total. The zero-order valence-electron chi connectivity index (χ0n) is 11.7. The number of phenolic OH excluding ortho intramolecular Hbond substituents is 1. The molecule has 2 nitrogen and oxygen atoms in total. The van der Waals surface area contributed by atoms with Gasteiger partial charge in [-0.2, -0.15) is 0 Å². The van der Waals surface area contributed by atoms with Crippen molar-refractivity contribution in [2.45, 2.75) is 33.4 Å². The van der Waals surface area contributed by atoms with E-state index in [0.29, 0.717) is 11.3 Å². The number of alkyl halides is 1. The Bertz CT molecular complexity index is 519. The van der Waals surface area contributed by atoms with Crippen LogP contribution < -0.4 is 0 Å². The van der Waals surface area contributed by atoms with E-state index in [0.717, 1.165) is 11.1 Å². The van der Waals surface area contributed by atoms with Gasteiger partial charge >= 0.3 is 0 Å². The van der Waals surface area contributed by atoms with Gasteiger partial charge in [0.1, 0.15) is 5.75 Å². The predicted octanol–water partition coefficient (Wildman–Crippen LogP) is 3.81. The first-order valence-electron chi connectivity index (χ1n) is 6.10. The number of rotatable bonds is 0. The number of ketones is 1. The number of carbonyl (C=O) groups is 1. The van der Waals surface area contributed by atoms with Crippen LogP contribution in [0.4, 0.5) is 4.39 Å². The molecular weight excluding hydrogens is 243 g/mol. The van der Waals surface area contributed by atoms with Gasteiger partial charge in [-0.05, 0) is 56.5 Å². The van der Waals surface area contributed by atoms with Crippen LogP contribution in [-0.2, 0) is 4.79 Å². The Morgan fingerprint density at radius 1 is 1.21 bits per heavy atom. The molecule has 0 spiro atoms. The number of carbonyl (C=O) groups excluding carboxylic acids is 1. The van der Waals surface area contributed by atoms with Crippen molar-refractivity contribution in [3.05, 3.63) is 53.1 Å². The molecule has 1 atom stereocenters. The van der Waals surface area contributed by atoms with Gasteiger partial charge in [0, 0.05) is 0 Å². The summed E-state index contributed by atoms with van der Waals surface area (Å²) in [7, 11) is 0. The van der Waals surface area contributed by atoms with Crippen LogP contribution in [0.1, 0.15) is 25.0 Å². The van der Waals surface area contributed by atoms with Crippen molar-refractivity contribution in [3.8, 4) is 5.75 Å². The van der Waals surface area contributed by atoms with Crippen LogP contribution in [0, 0.1) is 13.8 Å². The summed E-state index contributed by atoms with van der Waals surface area (Å²) in [6.45, 7) is 6.78. The van der Waals surface area contributed by atoms with Gasteiger partial charge < -0.3 is 5.11 Å². The summed E-state index contributed by atoms with van der Waals surface area (Å²) in [5.74, 6) is -0.0810. The van der Waals surface area contributed by atoms with Gasteiger partial charge in [0.05, 0.1) is 0 Å². The van der Waals surface area contributed by atoms with Crippen molar-refractivity contribution in [1.29, 1.82) is 0 Å². The van der Waals surface area contributed by atoms with Crippen molar-refractivity contribution in [1.82, 2.24) is 0 Å². The zero-order valence-corrected chi connectivity index (χ0v) is 11.7. The highest BCUT2D eigenvalue weighted by Crippen LogP contribution is 2.25. The third-order valence-electron chi connectivity index (χ3n) is 3.37. The first-order chi connectivity index (χ1) is 8.76. The molecule has 0 aromatic heterocycles. The summed E-state index contributed by atoms with van der Waals surface area (Å²) >= 11 is 0. The maximum absolute atomic E-state index is 13.2. The minimum absolute atomic E-state index is 0.384. The molecular formula is C16H19FO2. The molecule has 0 saturated heterocycles. The average molecular weight is 262 g/mol. The van der Waals surface area contributed by atoms with Crippen LogP contribution in [-0.4, -0.2) is 16.6 Å². The lowest BCUT2D eigenvalue weighted by Crippen LogP contribution is -2.31. The van der Waals surface area contributed by atoms with Gasteiger partial charge in [0.15, 0.2) is 11.5 Å². The van der Waals surface area contributed by atoms with Gasteiger partial charge in [0.25, 0.3) is 0 Å². The van der Waals surface area contributed by atoms with Crippen LogP contribution in [0.5, 0.6) is 5.75 Å². The lowest BCUT2D eigenvalue weighted by molar-refractivity contribution is -0.122. The number of hydrogen-bond acceptors (Lipinski definition) is 2. The maximum atomic E-state index is 13.2. The summed E-state index contributed by atoms with van der Waals surface area (Å²) in [4.78, 5) is 10.8. The number of aromatic hydroxyl groups is 1. The minimum Gasteiger partial charge on any atom is -0.508 e. The molecule has 19 heavy (non-hydrogen) atoms. The largest absolute Gasteiger partial charge is 0.508 e. The van der Waals surface area contributed by atoms with Crippen LogP contribution in [0.3, 0.4) is 0 Å². The Labute approximate surface area is 113 Å². The van der Waals surface area contributed by atoms with E-state index in [-0.39, 0.29) is 0 Å². The molecule has 102 valence electrons. The van der Waals surface area contributed by atoms with E-state index in [1.807, 2.05) is 26.0 Å². The van der Waals surface area contributed by atoms with E-state index >= 15 is 0 Å². The highest BCUT2D eigenvalue weighted by Gasteiger charge is 2.33. The Morgan fingerprint density at radius 3 is 2.26 bits per heavy atom. The average Bonchev–Trinajstić information content (AvgIpc) is 2.34. The summed E-state index contributed by atoms with van der Waals surface area (Å²) < 4.78 is 13.2. The second kappa shape index (κ2) is 5.83. The maximum Gasteiger partial charge on any atom is 0.196 e. The van der Waals surface area contributed by atoms with Crippen LogP contribution in [0.2, 0.25) is 0 Å². The molecule has 0 bridgehead atoms. The summed E-state index contributed by atoms with van der Waals surface area (Å²) in [5, 5.41) is 9.10. The molecule has 0 unspecified atom stereocenters. The molecule has 0 heterocycles. The van der Waals surface area contributed by atoms with Gasteiger partial charge in [-0.25, -0.2) is 4.39 Å². The highest BCUT2D eigenvalue weighted by atomic mass is 19.1. The number of allylic oxidation sites excluding steroid dienone is 4. The quantitative estimate of drug-likeness (QED) is 0.772. The van der Waals surface area contributed by atoms with E-state index < -0.39 is 11.5 Å². The molecule has 1 aromatic rings. The van der Waals surface area contributed by atoms with E-state index in [9.17, 15) is 9.18 Å². The molecule has 0 amide bonds. The Kier molecular flexibility index (Phi) is 4.65. The van der Waals surface area contributed by atoms with Gasteiger partial charge in [-0.3, -0.25) is 4.79 Å². The van der Waals surface area contributed by atoms with Gasteiger partial charge in [-0.15, -0.1) is 0 Å². The van der Waals surface area contributed by atoms with E-state index in [2.05, 4.69) is 0 Å². The molecule has 3 heteroatoms. The predicted molar refractivity (Wildman–Crippen MR) is 75.0 cm³/mol. The smallest absolute Gasteiger partial charge is 0.196 e. The lowest BCUT2D eigenvalue weighted by atomic mass is 9.90. The number of hydrogen-bond donors (Lipinski definition) is 1. The van der Waals surface area contributed by atoms with Gasteiger partial charge in [0.2, 0.25) is 0 Å². The summed E-state index contributed by atoms with van der Waals surface area (Å²) in [5.41, 5.74) is 0.807. The number of benzene rings is 1. The zero-order chi connectivity index (χ0) is 14.6. The van der Waals surface area contributed by atoms with Crippen molar-refractivity contribution < 1.29 is 14.3 Å². The second-order valence-electron chi connectivity index (χ2n) is 4.80. The molecule has 0 saturated carbocycles. The van der Waals surface area contributed by atoms with E-state index in [1.165, 1.54) is 13.0 Å². The summed E-state index contributed by atoms with van der Waals surface area (Å²) in [6.07, 6.45) is 4.44. The van der Waals surface area contributed by atoms with Crippen molar-refractivity contribution in [3.63, 3.8) is 0 Å². The highest BCUT2D eigenvalue weighted by molar-refractivity contribution is 6.00. The molecule has 2 rings (SSSR count). The van der Waals surface area contributed by atoms with Crippen LogP contribution in [0.25, 0.3) is 0 Å². The number of aryl methyl sites for hydroxylation is 1.